The third-order valence-corrected chi connectivity index (χ3v) is 2.93. The monoisotopic (exact) mass is 185 g/mol. The fourth-order valence-electron chi connectivity index (χ4n) is 2.13. The molecule has 13 heavy (non-hydrogen) atoms. The van der Waals surface area contributed by atoms with Crippen molar-refractivity contribution in [3.05, 3.63) is 0 Å². The molecule has 0 aromatic rings. The lowest BCUT2D eigenvalue weighted by Gasteiger charge is -2.37. The Bertz CT molecular complexity index is 182. The summed E-state index contributed by atoms with van der Waals surface area (Å²) in [5.74, 6) is -0.670. The van der Waals surface area contributed by atoms with Crippen molar-refractivity contribution in [3.8, 4) is 0 Å². The van der Waals surface area contributed by atoms with Crippen LogP contribution in [-0.4, -0.2) is 34.6 Å². The van der Waals surface area contributed by atoms with E-state index in [9.17, 15) is 4.79 Å². The van der Waals surface area contributed by atoms with Gasteiger partial charge in [0.05, 0.1) is 0 Å². The maximum Gasteiger partial charge on any atom is 0.320 e. The van der Waals surface area contributed by atoms with Gasteiger partial charge in [0, 0.05) is 6.04 Å². The summed E-state index contributed by atoms with van der Waals surface area (Å²) in [6, 6.07) is 0.171. The van der Waals surface area contributed by atoms with Crippen LogP contribution in [0.25, 0.3) is 0 Å². The Balaban J connectivity index is 2.60. The van der Waals surface area contributed by atoms with Crippen molar-refractivity contribution in [2.45, 2.75) is 51.6 Å². The number of aliphatic carboxylic acids is 1. The molecular formula is C10H19NO2. The van der Waals surface area contributed by atoms with Crippen LogP contribution >= 0.6 is 0 Å². The number of likely N-dealkylation sites (tertiary alicyclic amines) is 1. The third-order valence-electron chi connectivity index (χ3n) is 2.93. The Morgan fingerprint density at radius 1 is 1.62 bits per heavy atom. The standard InChI is InChI=1S/C10H19NO2/c1-3-9(10(12)13)11-7-5-4-6-8(11)2/h8-9H,3-7H2,1-2H3,(H,12,13)/t8-,9-/m0/s1. The summed E-state index contributed by atoms with van der Waals surface area (Å²) >= 11 is 0. The van der Waals surface area contributed by atoms with E-state index in [-0.39, 0.29) is 6.04 Å². The highest BCUT2D eigenvalue weighted by atomic mass is 16.4. The number of carboxylic acids is 1. The minimum absolute atomic E-state index is 0.268. The van der Waals surface area contributed by atoms with Crippen molar-refractivity contribution >= 4 is 5.97 Å². The zero-order valence-electron chi connectivity index (χ0n) is 8.49. The maximum absolute atomic E-state index is 10.9. The molecule has 3 heteroatoms. The Morgan fingerprint density at radius 3 is 2.77 bits per heavy atom. The van der Waals surface area contributed by atoms with E-state index in [0.717, 1.165) is 19.4 Å². The van der Waals surface area contributed by atoms with E-state index in [0.29, 0.717) is 12.5 Å². The molecule has 76 valence electrons. The lowest BCUT2D eigenvalue weighted by Crippen LogP contribution is -2.48. The van der Waals surface area contributed by atoms with E-state index in [1.807, 2.05) is 6.92 Å². The summed E-state index contributed by atoms with van der Waals surface area (Å²) in [5.41, 5.74) is 0. The number of nitrogens with zero attached hydrogens (tertiary/aromatic N) is 1. The number of piperidine rings is 1. The minimum Gasteiger partial charge on any atom is -0.480 e. The summed E-state index contributed by atoms with van der Waals surface area (Å²) in [6.45, 7) is 5.02. The van der Waals surface area contributed by atoms with Gasteiger partial charge in [0.2, 0.25) is 0 Å². The summed E-state index contributed by atoms with van der Waals surface area (Å²) in [6.07, 6.45) is 4.24. The molecule has 0 saturated carbocycles. The quantitative estimate of drug-likeness (QED) is 0.728. The molecule has 1 rings (SSSR count). The number of carboxylic acid groups (broad SMARTS) is 1. The molecule has 0 unspecified atom stereocenters. The summed E-state index contributed by atoms with van der Waals surface area (Å²) < 4.78 is 0. The van der Waals surface area contributed by atoms with Crippen molar-refractivity contribution < 1.29 is 9.90 Å². The van der Waals surface area contributed by atoms with E-state index >= 15 is 0 Å². The zero-order valence-corrected chi connectivity index (χ0v) is 8.49. The van der Waals surface area contributed by atoms with Crippen LogP contribution in [0.2, 0.25) is 0 Å². The van der Waals surface area contributed by atoms with Crippen LogP contribution in [0.4, 0.5) is 0 Å². The van der Waals surface area contributed by atoms with Gasteiger partial charge in [-0.3, -0.25) is 9.69 Å². The second-order valence-corrected chi connectivity index (χ2v) is 3.84. The van der Waals surface area contributed by atoms with Crippen molar-refractivity contribution in [2.24, 2.45) is 0 Å². The smallest absolute Gasteiger partial charge is 0.320 e. The van der Waals surface area contributed by atoms with Gasteiger partial charge in [0.15, 0.2) is 0 Å². The van der Waals surface area contributed by atoms with Gasteiger partial charge in [-0.15, -0.1) is 0 Å². The number of hydrogen-bond acceptors (Lipinski definition) is 2. The molecule has 0 aliphatic carbocycles. The molecule has 0 bridgehead atoms. The highest BCUT2D eigenvalue weighted by Crippen LogP contribution is 2.20. The molecule has 2 atom stereocenters. The molecule has 1 N–H and O–H groups in total. The molecule has 0 spiro atoms. The van der Waals surface area contributed by atoms with Crippen LogP contribution in [0, 0.1) is 0 Å². The highest BCUT2D eigenvalue weighted by Gasteiger charge is 2.29. The first-order chi connectivity index (χ1) is 6.16. The van der Waals surface area contributed by atoms with Crippen LogP contribution < -0.4 is 0 Å². The second-order valence-electron chi connectivity index (χ2n) is 3.84. The predicted molar refractivity (Wildman–Crippen MR) is 51.7 cm³/mol. The van der Waals surface area contributed by atoms with Crippen LogP contribution in [0.3, 0.4) is 0 Å². The first-order valence-corrected chi connectivity index (χ1v) is 5.15. The maximum atomic E-state index is 10.9. The number of hydrogen-bond donors (Lipinski definition) is 1. The van der Waals surface area contributed by atoms with Crippen molar-refractivity contribution in [2.75, 3.05) is 6.54 Å². The van der Waals surface area contributed by atoms with Crippen molar-refractivity contribution in [3.63, 3.8) is 0 Å². The van der Waals surface area contributed by atoms with E-state index in [1.165, 1.54) is 6.42 Å². The Morgan fingerprint density at radius 2 is 2.31 bits per heavy atom. The van der Waals surface area contributed by atoms with Gasteiger partial charge in [-0.05, 0) is 32.7 Å². The molecular weight excluding hydrogens is 166 g/mol. The summed E-state index contributed by atoms with van der Waals surface area (Å²) in [5, 5.41) is 9.00. The van der Waals surface area contributed by atoms with Gasteiger partial charge in [0.1, 0.15) is 6.04 Å². The van der Waals surface area contributed by atoms with E-state index in [2.05, 4.69) is 11.8 Å². The van der Waals surface area contributed by atoms with Crippen LogP contribution in [0.1, 0.15) is 39.5 Å². The Hall–Kier alpha value is -0.570. The summed E-state index contributed by atoms with van der Waals surface area (Å²) in [4.78, 5) is 13.1. The topological polar surface area (TPSA) is 40.5 Å². The SMILES string of the molecule is CC[C@@H](C(=O)O)N1CCCC[C@@H]1C. The lowest BCUT2D eigenvalue weighted by atomic mass is 10.0. The highest BCUT2D eigenvalue weighted by molar-refractivity contribution is 5.73. The fourth-order valence-corrected chi connectivity index (χ4v) is 2.13. The van der Waals surface area contributed by atoms with Gasteiger partial charge in [-0.25, -0.2) is 0 Å². The van der Waals surface area contributed by atoms with Gasteiger partial charge < -0.3 is 5.11 Å². The molecule has 1 fully saturated rings. The van der Waals surface area contributed by atoms with E-state index in [1.54, 1.807) is 0 Å². The Labute approximate surface area is 79.7 Å². The first kappa shape index (κ1) is 10.5. The predicted octanol–water partition coefficient (Wildman–Crippen LogP) is 1.72. The average molecular weight is 185 g/mol. The van der Waals surface area contributed by atoms with E-state index in [4.69, 9.17) is 5.11 Å². The molecule has 1 aliphatic rings. The number of carbonyl (C=O) groups is 1. The minimum atomic E-state index is -0.670. The molecule has 0 radical (unpaired) electrons. The molecule has 3 nitrogen and oxygen atoms in total. The normalized spacial score (nSPS) is 27.1. The molecule has 1 aliphatic heterocycles. The third kappa shape index (κ3) is 2.44. The van der Waals surface area contributed by atoms with Crippen LogP contribution in [0.15, 0.2) is 0 Å². The van der Waals surface area contributed by atoms with Gasteiger partial charge >= 0.3 is 5.97 Å². The first-order valence-electron chi connectivity index (χ1n) is 5.15. The zero-order chi connectivity index (χ0) is 9.84. The number of rotatable bonds is 3. The Kier molecular flexibility index (Phi) is 3.72. The molecule has 1 saturated heterocycles. The van der Waals surface area contributed by atoms with E-state index < -0.39 is 5.97 Å². The molecule has 1 heterocycles. The second kappa shape index (κ2) is 4.61. The van der Waals surface area contributed by atoms with Gasteiger partial charge in [-0.2, -0.15) is 0 Å². The molecule has 0 amide bonds. The average Bonchev–Trinajstić information content (AvgIpc) is 2.09. The molecule has 0 aromatic carbocycles. The summed E-state index contributed by atoms with van der Waals surface area (Å²) in [7, 11) is 0. The van der Waals surface area contributed by atoms with Gasteiger partial charge in [0.25, 0.3) is 0 Å². The fraction of sp³-hybridized carbons (Fsp3) is 0.900. The largest absolute Gasteiger partial charge is 0.480 e. The van der Waals surface area contributed by atoms with Crippen LogP contribution in [0.5, 0.6) is 0 Å². The lowest BCUT2D eigenvalue weighted by molar-refractivity contribution is -0.145. The van der Waals surface area contributed by atoms with Crippen LogP contribution in [-0.2, 0) is 4.79 Å². The van der Waals surface area contributed by atoms with Crippen molar-refractivity contribution in [1.82, 2.24) is 4.90 Å². The van der Waals surface area contributed by atoms with Crippen molar-refractivity contribution in [1.29, 1.82) is 0 Å². The molecule has 0 aromatic heterocycles. The van der Waals surface area contributed by atoms with Gasteiger partial charge in [-0.1, -0.05) is 13.3 Å².